The van der Waals surface area contributed by atoms with Crippen LogP contribution in [0.1, 0.15) is 12.7 Å². The molecule has 0 N–H and O–H groups in total. The lowest BCUT2D eigenvalue weighted by Crippen LogP contribution is -2.05. The Hall–Kier alpha value is -2.94. The van der Waals surface area contributed by atoms with E-state index in [9.17, 15) is 4.79 Å². The molecule has 0 unspecified atom stereocenters. The van der Waals surface area contributed by atoms with Gasteiger partial charge in [-0.25, -0.2) is 0 Å². The number of hydrogen-bond acceptors (Lipinski definition) is 8. The first kappa shape index (κ1) is 17.9. The molecule has 0 spiro atoms. The van der Waals surface area contributed by atoms with Gasteiger partial charge in [0.15, 0.2) is 5.76 Å². The van der Waals surface area contributed by atoms with E-state index < -0.39 is 5.97 Å². The minimum atomic E-state index is -0.452. The number of aryl methyl sites for hydroxylation is 1. The van der Waals surface area contributed by atoms with Crippen molar-refractivity contribution in [2.75, 3.05) is 14.2 Å². The molecule has 8 nitrogen and oxygen atoms in total. The van der Waals surface area contributed by atoms with Crippen molar-refractivity contribution in [3.63, 3.8) is 0 Å². The fourth-order valence-corrected chi connectivity index (χ4v) is 2.91. The summed E-state index contributed by atoms with van der Waals surface area (Å²) in [7, 11) is 3.11. The number of carbonyl (C=O) groups is 1. The molecule has 3 aromatic rings. The Labute approximate surface area is 154 Å². The first-order chi connectivity index (χ1) is 12.5. The molecule has 9 heteroatoms. The van der Waals surface area contributed by atoms with Gasteiger partial charge in [-0.3, -0.25) is 9.36 Å². The topological polar surface area (TPSA) is 88.6 Å². The van der Waals surface area contributed by atoms with Crippen molar-refractivity contribution in [2.24, 2.45) is 0 Å². The molecule has 136 valence electrons. The van der Waals surface area contributed by atoms with Crippen LogP contribution in [-0.2, 0) is 8.98 Å². The van der Waals surface area contributed by atoms with E-state index in [2.05, 4.69) is 10.2 Å². The molecule has 0 fully saturated rings. The van der Waals surface area contributed by atoms with Crippen LogP contribution in [0.5, 0.6) is 11.5 Å². The Morgan fingerprint density at radius 2 is 1.81 bits per heavy atom. The molecule has 0 radical (unpaired) electrons. The maximum Gasteiger partial charge on any atom is 0.315 e. The summed E-state index contributed by atoms with van der Waals surface area (Å²) >= 11 is 0.798. The maximum atomic E-state index is 11.2. The van der Waals surface area contributed by atoms with Crippen molar-refractivity contribution in [3.05, 3.63) is 36.1 Å². The Balaban J connectivity index is 2.24. The van der Waals surface area contributed by atoms with Gasteiger partial charge in [0.25, 0.3) is 0 Å². The Bertz CT molecular complexity index is 912. The summed E-state index contributed by atoms with van der Waals surface area (Å²) in [4.78, 5) is 11.2. The van der Waals surface area contributed by atoms with Gasteiger partial charge >= 0.3 is 5.97 Å². The number of ether oxygens (including phenoxy) is 2. The maximum absolute atomic E-state index is 11.2. The minimum Gasteiger partial charge on any atom is -0.494 e. The predicted octanol–water partition coefficient (Wildman–Crippen LogP) is 3.42. The molecule has 2 heterocycles. The normalized spacial score (nSPS) is 10.6. The molecule has 2 aromatic heterocycles. The molecule has 26 heavy (non-hydrogen) atoms. The van der Waals surface area contributed by atoms with E-state index in [0.29, 0.717) is 33.9 Å². The zero-order chi connectivity index (χ0) is 18.7. The second-order valence-electron chi connectivity index (χ2n) is 5.22. The van der Waals surface area contributed by atoms with E-state index in [1.54, 1.807) is 43.1 Å². The molecular weight excluding hydrogens is 358 g/mol. The fourth-order valence-electron chi connectivity index (χ4n) is 2.39. The van der Waals surface area contributed by atoms with Gasteiger partial charge in [0.1, 0.15) is 35.0 Å². The molecular formula is C17H17N3O5S. The molecule has 0 aliphatic carbocycles. The predicted molar refractivity (Wildman–Crippen MR) is 94.5 cm³/mol. The van der Waals surface area contributed by atoms with E-state index in [-0.39, 0.29) is 0 Å². The van der Waals surface area contributed by atoms with E-state index in [0.717, 1.165) is 17.8 Å². The SMILES string of the molecule is COc1cccc(OC)c1-n1c(SOC(C)=O)nnc1-c1ccc(C)o1. The Kier molecular flexibility index (Phi) is 5.17. The molecule has 0 bridgehead atoms. The second kappa shape index (κ2) is 7.52. The van der Waals surface area contributed by atoms with Crippen molar-refractivity contribution in [1.82, 2.24) is 14.8 Å². The van der Waals surface area contributed by atoms with Crippen LogP contribution in [0.2, 0.25) is 0 Å². The van der Waals surface area contributed by atoms with Gasteiger partial charge in [-0.05, 0) is 31.2 Å². The largest absolute Gasteiger partial charge is 0.494 e. The minimum absolute atomic E-state index is 0.326. The molecule has 0 amide bonds. The number of rotatable bonds is 6. The first-order valence-corrected chi connectivity index (χ1v) is 8.38. The lowest BCUT2D eigenvalue weighted by atomic mass is 10.2. The summed E-state index contributed by atoms with van der Waals surface area (Å²) in [6.07, 6.45) is 0. The summed E-state index contributed by atoms with van der Waals surface area (Å²) in [5.74, 6) is 2.30. The van der Waals surface area contributed by atoms with Crippen LogP contribution in [-0.4, -0.2) is 35.0 Å². The summed E-state index contributed by atoms with van der Waals surface area (Å²) in [6, 6.07) is 9.00. The van der Waals surface area contributed by atoms with Crippen LogP contribution in [0.4, 0.5) is 0 Å². The molecule has 0 saturated heterocycles. The number of methoxy groups -OCH3 is 2. The van der Waals surface area contributed by atoms with Gasteiger partial charge in [0, 0.05) is 6.92 Å². The zero-order valence-electron chi connectivity index (χ0n) is 14.7. The van der Waals surface area contributed by atoms with Gasteiger partial charge in [-0.15, -0.1) is 10.2 Å². The number of hydrogen-bond donors (Lipinski definition) is 0. The summed E-state index contributed by atoms with van der Waals surface area (Å²) < 4.78 is 23.4. The van der Waals surface area contributed by atoms with Crippen LogP contribution in [0.3, 0.4) is 0 Å². The lowest BCUT2D eigenvalue weighted by Gasteiger charge is -2.16. The number of para-hydroxylation sites is 1. The number of benzene rings is 1. The highest BCUT2D eigenvalue weighted by atomic mass is 32.2. The van der Waals surface area contributed by atoms with Crippen LogP contribution in [0.15, 0.2) is 39.9 Å². The molecule has 0 aliphatic heterocycles. The summed E-state index contributed by atoms with van der Waals surface area (Å²) in [5.41, 5.74) is 0.571. The Morgan fingerprint density at radius 3 is 2.35 bits per heavy atom. The van der Waals surface area contributed by atoms with E-state index in [4.69, 9.17) is 18.1 Å². The van der Waals surface area contributed by atoms with Crippen molar-refractivity contribution >= 4 is 18.0 Å². The third-order valence-electron chi connectivity index (χ3n) is 3.45. The van der Waals surface area contributed by atoms with E-state index in [1.165, 1.54) is 6.92 Å². The monoisotopic (exact) mass is 375 g/mol. The molecule has 1 aromatic carbocycles. The van der Waals surface area contributed by atoms with Gasteiger partial charge in [0.05, 0.1) is 14.2 Å². The third kappa shape index (κ3) is 3.38. The van der Waals surface area contributed by atoms with Gasteiger partial charge in [0.2, 0.25) is 11.0 Å². The molecule has 0 saturated carbocycles. The lowest BCUT2D eigenvalue weighted by molar-refractivity contribution is -0.130. The average molecular weight is 375 g/mol. The van der Waals surface area contributed by atoms with E-state index >= 15 is 0 Å². The molecule has 0 atom stereocenters. The van der Waals surface area contributed by atoms with Crippen molar-refractivity contribution < 1.29 is 22.9 Å². The second-order valence-corrected chi connectivity index (χ2v) is 5.92. The van der Waals surface area contributed by atoms with Gasteiger partial charge in [-0.2, -0.15) is 0 Å². The summed E-state index contributed by atoms with van der Waals surface area (Å²) in [6.45, 7) is 3.15. The number of furan rings is 1. The molecule has 0 aliphatic rings. The van der Waals surface area contributed by atoms with Crippen LogP contribution >= 0.6 is 12.0 Å². The number of nitrogens with zero attached hydrogens (tertiary/aromatic N) is 3. The van der Waals surface area contributed by atoms with Crippen molar-refractivity contribution in [2.45, 2.75) is 19.0 Å². The highest BCUT2D eigenvalue weighted by Gasteiger charge is 2.25. The van der Waals surface area contributed by atoms with Crippen LogP contribution < -0.4 is 9.47 Å². The highest BCUT2D eigenvalue weighted by Crippen LogP contribution is 2.38. The van der Waals surface area contributed by atoms with Crippen LogP contribution in [0, 0.1) is 6.92 Å². The van der Waals surface area contributed by atoms with Crippen molar-refractivity contribution in [3.8, 4) is 28.8 Å². The summed E-state index contributed by atoms with van der Waals surface area (Å²) in [5, 5.41) is 8.66. The quantitative estimate of drug-likeness (QED) is 0.606. The van der Waals surface area contributed by atoms with Crippen LogP contribution in [0.25, 0.3) is 17.3 Å². The molecule has 3 rings (SSSR count). The standard InChI is InChI=1S/C17H17N3O5S/c1-10-8-9-14(24-10)16-18-19-17(26-25-11(2)21)20(16)15-12(22-3)6-5-7-13(15)23-4/h5-9H,1-4H3. The zero-order valence-corrected chi connectivity index (χ0v) is 15.5. The smallest absolute Gasteiger partial charge is 0.315 e. The Morgan fingerprint density at radius 1 is 1.12 bits per heavy atom. The number of aromatic nitrogens is 3. The number of carbonyl (C=O) groups excluding carboxylic acids is 1. The van der Waals surface area contributed by atoms with E-state index in [1.807, 2.05) is 13.0 Å². The first-order valence-electron chi connectivity index (χ1n) is 7.63. The highest BCUT2D eigenvalue weighted by molar-refractivity contribution is 7.94. The average Bonchev–Trinajstić information content (AvgIpc) is 3.24. The van der Waals surface area contributed by atoms with Gasteiger partial charge < -0.3 is 18.1 Å². The van der Waals surface area contributed by atoms with Gasteiger partial charge in [-0.1, -0.05) is 6.07 Å². The van der Waals surface area contributed by atoms with Crippen molar-refractivity contribution in [1.29, 1.82) is 0 Å². The third-order valence-corrected chi connectivity index (χ3v) is 4.18. The fraction of sp³-hybridized carbons (Fsp3) is 0.235.